The number of fused-ring (bicyclic) bond motifs is 4. The zero-order valence-electron chi connectivity index (χ0n) is 23.4. The van der Waals surface area contributed by atoms with Crippen LogP contribution in [-0.4, -0.2) is 102 Å². The number of anilines is 3. The van der Waals surface area contributed by atoms with Crippen molar-refractivity contribution in [2.24, 2.45) is 0 Å². The first kappa shape index (κ1) is 26.4. The number of hydrogen-bond donors (Lipinski definition) is 1. The zero-order valence-corrected chi connectivity index (χ0v) is 23.4. The second-order valence-corrected chi connectivity index (χ2v) is 10.8. The Hall–Kier alpha value is -3.23. The Morgan fingerprint density at radius 2 is 1.53 bits per heavy atom. The van der Waals surface area contributed by atoms with E-state index in [1.807, 2.05) is 12.3 Å². The van der Waals surface area contributed by atoms with Crippen LogP contribution in [0.5, 0.6) is 11.5 Å². The lowest BCUT2D eigenvalue weighted by Gasteiger charge is -2.33. The average Bonchev–Trinajstić information content (AvgIpc) is 2.93. The maximum absolute atomic E-state index is 5.84. The van der Waals surface area contributed by atoms with Crippen molar-refractivity contribution in [3.63, 3.8) is 0 Å². The SMILES string of the molecule is CN(C)CCN1CCOc2cc3c(cc21)NCCC3.CN(C)CCN1CCOc2cc3cccnc3cc21. The van der Waals surface area contributed by atoms with Gasteiger partial charge in [0, 0.05) is 50.0 Å². The van der Waals surface area contributed by atoms with Crippen molar-refractivity contribution in [2.75, 3.05) is 102 Å². The molecular formula is C30H42N6O2. The van der Waals surface area contributed by atoms with Crippen LogP contribution in [0.4, 0.5) is 17.1 Å². The van der Waals surface area contributed by atoms with E-state index in [0.29, 0.717) is 0 Å². The molecule has 3 aromatic rings. The minimum atomic E-state index is 0.756. The van der Waals surface area contributed by atoms with Crippen LogP contribution < -0.4 is 24.6 Å². The van der Waals surface area contributed by atoms with Crippen LogP contribution in [0.2, 0.25) is 0 Å². The normalized spacial score (nSPS) is 16.1. The second kappa shape index (κ2) is 12.1. The summed E-state index contributed by atoms with van der Waals surface area (Å²) in [6.07, 6.45) is 4.22. The van der Waals surface area contributed by atoms with E-state index >= 15 is 0 Å². The topological polar surface area (TPSA) is 56.3 Å². The Morgan fingerprint density at radius 1 is 0.868 bits per heavy atom. The average molecular weight is 519 g/mol. The summed E-state index contributed by atoms with van der Waals surface area (Å²) in [5.74, 6) is 2.04. The van der Waals surface area contributed by atoms with Gasteiger partial charge in [0.25, 0.3) is 0 Å². The number of hydrogen-bond acceptors (Lipinski definition) is 8. The highest BCUT2D eigenvalue weighted by atomic mass is 16.5. The molecule has 1 N–H and O–H groups in total. The standard InChI is InChI=1S/C15H23N3O.C15H19N3O/c2*1-17(2)6-7-18-8-9-19-15-10-12-4-3-5-16-13(12)11-14(15)18/h10-11,16H,3-9H2,1-2H3;3-5,10-11H,6-9H2,1-2H3. The zero-order chi connectivity index (χ0) is 26.5. The number of nitrogens with zero attached hydrogens (tertiary/aromatic N) is 5. The Labute approximate surface area is 227 Å². The molecule has 1 aromatic heterocycles. The molecule has 0 fully saturated rings. The van der Waals surface area contributed by atoms with E-state index in [-0.39, 0.29) is 0 Å². The summed E-state index contributed by atoms with van der Waals surface area (Å²) < 4.78 is 11.6. The van der Waals surface area contributed by atoms with Crippen LogP contribution in [0.1, 0.15) is 12.0 Å². The van der Waals surface area contributed by atoms with Gasteiger partial charge in [0.15, 0.2) is 0 Å². The van der Waals surface area contributed by atoms with Crippen LogP contribution in [0.3, 0.4) is 0 Å². The third kappa shape index (κ3) is 6.25. The van der Waals surface area contributed by atoms with Gasteiger partial charge in [-0.3, -0.25) is 4.98 Å². The predicted molar refractivity (Wildman–Crippen MR) is 158 cm³/mol. The Balaban J connectivity index is 0.000000155. The van der Waals surface area contributed by atoms with Crippen LogP contribution in [0.15, 0.2) is 42.6 Å². The predicted octanol–water partition coefficient (Wildman–Crippen LogP) is 3.80. The molecule has 0 bridgehead atoms. The van der Waals surface area contributed by atoms with Gasteiger partial charge in [-0.05, 0) is 76.9 Å². The van der Waals surface area contributed by atoms with E-state index < -0.39 is 0 Å². The number of nitrogens with one attached hydrogen (secondary N) is 1. The van der Waals surface area contributed by atoms with E-state index in [4.69, 9.17) is 9.47 Å². The van der Waals surface area contributed by atoms with Gasteiger partial charge < -0.3 is 34.4 Å². The molecule has 0 unspecified atom stereocenters. The maximum Gasteiger partial charge on any atom is 0.143 e. The van der Waals surface area contributed by atoms with E-state index in [9.17, 15) is 0 Å². The fourth-order valence-corrected chi connectivity index (χ4v) is 5.18. The molecule has 3 aliphatic heterocycles. The molecule has 6 rings (SSSR count). The first-order valence-electron chi connectivity index (χ1n) is 13.8. The minimum Gasteiger partial charge on any atom is -0.490 e. The van der Waals surface area contributed by atoms with Crippen molar-refractivity contribution in [1.82, 2.24) is 14.8 Å². The summed E-state index contributed by atoms with van der Waals surface area (Å²) in [6.45, 7) is 8.76. The highest BCUT2D eigenvalue weighted by Gasteiger charge is 2.22. The van der Waals surface area contributed by atoms with Crippen molar-refractivity contribution < 1.29 is 9.47 Å². The van der Waals surface area contributed by atoms with E-state index in [1.165, 1.54) is 29.0 Å². The van der Waals surface area contributed by atoms with Crippen molar-refractivity contribution in [1.29, 1.82) is 0 Å². The number of likely N-dealkylation sites (N-methyl/N-ethyl adjacent to an activating group) is 2. The van der Waals surface area contributed by atoms with Crippen LogP contribution in [0, 0.1) is 0 Å². The number of aromatic nitrogens is 1. The molecule has 0 saturated carbocycles. The van der Waals surface area contributed by atoms with Gasteiger partial charge in [0.2, 0.25) is 0 Å². The molecule has 0 radical (unpaired) electrons. The molecule has 8 heteroatoms. The fourth-order valence-electron chi connectivity index (χ4n) is 5.18. The number of ether oxygens (including phenoxy) is 2. The van der Waals surface area contributed by atoms with Gasteiger partial charge in [0.05, 0.1) is 30.0 Å². The van der Waals surface area contributed by atoms with Crippen molar-refractivity contribution >= 4 is 28.0 Å². The number of rotatable bonds is 6. The second-order valence-electron chi connectivity index (χ2n) is 10.8. The molecule has 8 nitrogen and oxygen atoms in total. The molecule has 3 aliphatic rings. The fraction of sp³-hybridized carbons (Fsp3) is 0.500. The molecular weight excluding hydrogens is 476 g/mol. The number of benzene rings is 2. The van der Waals surface area contributed by atoms with Gasteiger partial charge in [-0.25, -0.2) is 0 Å². The molecule has 204 valence electrons. The van der Waals surface area contributed by atoms with Crippen molar-refractivity contribution in [3.05, 3.63) is 48.2 Å². The van der Waals surface area contributed by atoms with Crippen molar-refractivity contribution in [2.45, 2.75) is 12.8 Å². The van der Waals surface area contributed by atoms with Crippen LogP contribution in [0.25, 0.3) is 10.9 Å². The quantitative estimate of drug-likeness (QED) is 0.529. The van der Waals surface area contributed by atoms with Crippen molar-refractivity contribution in [3.8, 4) is 11.5 Å². The lowest BCUT2D eigenvalue weighted by atomic mass is 10.0. The summed E-state index contributed by atoms with van der Waals surface area (Å²) in [4.78, 5) is 13.7. The summed E-state index contributed by atoms with van der Waals surface area (Å²) in [5.41, 5.74) is 6.15. The minimum absolute atomic E-state index is 0.756. The number of aryl methyl sites for hydroxylation is 1. The maximum atomic E-state index is 5.84. The van der Waals surface area contributed by atoms with E-state index in [2.05, 4.69) is 88.4 Å². The van der Waals surface area contributed by atoms with Gasteiger partial charge in [-0.15, -0.1) is 0 Å². The number of pyridine rings is 1. The van der Waals surface area contributed by atoms with Gasteiger partial charge in [-0.2, -0.15) is 0 Å². The van der Waals surface area contributed by atoms with Gasteiger partial charge >= 0.3 is 0 Å². The van der Waals surface area contributed by atoms with Crippen LogP contribution in [-0.2, 0) is 6.42 Å². The molecule has 0 saturated heterocycles. The third-order valence-electron chi connectivity index (χ3n) is 7.36. The van der Waals surface area contributed by atoms with E-state index in [1.54, 1.807) is 0 Å². The first-order chi connectivity index (χ1) is 18.5. The molecule has 0 amide bonds. The summed E-state index contributed by atoms with van der Waals surface area (Å²) in [5, 5.41) is 4.64. The monoisotopic (exact) mass is 518 g/mol. The molecule has 2 aromatic carbocycles. The largest absolute Gasteiger partial charge is 0.490 e. The van der Waals surface area contributed by atoms with Gasteiger partial charge in [0.1, 0.15) is 24.7 Å². The highest BCUT2D eigenvalue weighted by Crippen LogP contribution is 2.38. The molecule has 4 heterocycles. The molecule has 38 heavy (non-hydrogen) atoms. The smallest absolute Gasteiger partial charge is 0.143 e. The molecule has 0 spiro atoms. The highest BCUT2D eigenvalue weighted by molar-refractivity contribution is 5.86. The molecule has 0 aliphatic carbocycles. The third-order valence-corrected chi connectivity index (χ3v) is 7.36. The Kier molecular flexibility index (Phi) is 8.39. The van der Waals surface area contributed by atoms with E-state index in [0.717, 1.165) is 87.8 Å². The Morgan fingerprint density at radius 3 is 2.21 bits per heavy atom. The summed E-state index contributed by atoms with van der Waals surface area (Å²) >= 11 is 0. The lowest BCUT2D eigenvalue weighted by Crippen LogP contribution is -2.37. The molecule has 0 atom stereocenters. The Bertz CT molecular complexity index is 1230. The van der Waals surface area contributed by atoms with Crippen LogP contribution >= 0.6 is 0 Å². The lowest BCUT2D eigenvalue weighted by molar-refractivity contribution is 0.302. The summed E-state index contributed by atoms with van der Waals surface area (Å²) in [7, 11) is 8.44. The van der Waals surface area contributed by atoms with Gasteiger partial charge in [-0.1, -0.05) is 6.07 Å². The first-order valence-corrected chi connectivity index (χ1v) is 13.8. The summed E-state index contributed by atoms with van der Waals surface area (Å²) in [6, 6.07) is 12.8.